The number of ether oxygens (including phenoxy) is 2. The van der Waals surface area contributed by atoms with Gasteiger partial charge in [0.1, 0.15) is 11.6 Å². The number of hydrogen-bond acceptors (Lipinski definition) is 4. The fourth-order valence-electron chi connectivity index (χ4n) is 2.36. The van der Waals surface area contributed by atoms with Crippen LogP contribution in [0.5, 0.6) is 0 Å². The number of carbonyl (C=O) groups excluding carboxylic acids is 2. The molecule has 0 aromatic rings. The van der Waals surface area contributed by atoms with E-state index in [9.17, 15) is 9.59 Å². The highest BCUT2D eigenvalue weighted by Crippen LogP contribution is 2.44. The van der Waals surface area contributed by atoms with Gasteiger partial charge in [0.2, 0.25) is 0 Å². The second-order valence-electron chi connectivity index (χ2n) is 6.92. The van der Waals surface area contributed by atoms with Gasteiger partial charge >= 0.3 is 12.1 Å². The smallest absolute Gasteiger partial charge is 0.408 e. The molecule has 1 saturated carbocycles. The average molecular weight is 285 g/mol. The summed E-state index contributed by atoms with van der Waals surface area (Å²) in [5.41, 5.74) is -0.271. The Kier molecular flexibility index (Phi) is 5.42. The van der Waals surface area contributed by atoms with E-state index in [0.717, 1.165) is 6.42 Å². The minimum atomic E-state index is -0.632. The average Bonchev–Trinajstić information content (AvgIpc) is 2.28. The molecule has 5 heteroatoms. The minimum Gasteiger partial charge on any atom is -0.467 e. The second kappa shape index (κ2) is 6.46. The van der Waals surface area contributed by atoms with Crippen LogP contribution >= 0.6 is 0 Å². The Morgan fingerprint density at radius 1 is 1.30 bits per heavy atom. The summed E-state index contributed by atoms with van der Waals surface area (Å²) >= 11 is 0. The van der Waals surface area contributed by atoms with E-state index in [1.807, 2.05) is 0 Å². The monoisotopic (exact) mass is 285 g/mol. The number of methoxy groups -OCH3 is 1. The van der Waals surface area contributed by atoms with Gasteiger partial charge in [0.05, 0.1) is 7.11 Å². The van der Waals surface area contributed by atoms with Crippen molar-refractivity contribution in [2.75, 3.05) is 7.11 Å². The van der Waals surface area contributed by atoms with Gasteiger partial charge in [-0.2, -0.15) is 0 Å². The molecule has 1 aliphatic carbocycles. The van der Waals surface area contributed by atoms with Gasteiger partial charge in [0, 0.05) is 0 Å². The van der Waals surface area contributed by atoms with E-state index in [4.69, 9.17) is 9.47 Å². The van der Waals surface area contributed by atoms with Crippen LogP contribution in [-0.2, 0) is 14.3 Å². The predicted molar refractivity (Wildman–Crippen MR) is 76.4 cm³/mol. The van der Waals surface area contributed by atoms with E-state index >= 15 is 0 Å². The van der Waals surface area contributed by atoms with E-state index in [0.29, 0.717) is 11.8 Å². The Bertz CT molecular complexity index is 355. The van der Waals surface area contributed by atoms with Crippen molar-refractivity contribution < 1.29 is 19.1 Å². The number of nitrogens with one attached hydrogen (secondary N) is 1. The van der Waals surface area contributed by atoms with Crippen LogP contribution < -0.4 is 5.32 Å². The summed E-state index contributed by atoms with van der Waals surface area (Å²) in [6, 6.07) is -0.632. The molecule has 1 rings (SSSR count). The number of amides is 1. The van der Waals surface area contributed by atoms with Crippen molar-refractivity contribution in [3.8, 4) is 0 Å². The molecular formula is C15H27NO4. The number of rotatable bonds is 5. The van der Waals surface area contributed by atoms with Crippen LogP contribution in [0.2, 0.25) is 0 Å². The second-order valence-corrected chi connectivity index (χ2v) is 6.92. The van der Waals surface area contributed by atoms with Crippen molar-refractivity contribution in [2.24, 2.45) is 5.41 Å². The lowest BCUT2D eigenvalue weighted by molar-refractivity contribution is -0.143. The molecule has 20 heavy (non-hydrogen) atoms. The Labute approximate surface area is 121 Å². The zero-order valence-corrected chi connectivity index (χ0v) is 13.2. The normalized spacial score (nSPS) is 18.6. The number of hydrogen-bond donors (Lipinski definition) is 1. The topological polar surface area (TPSA) is 64.6 Å². The molecule has 0 aliphatic heterocycles. The summed E-state index contributed by atoms with van der Waals surface area (Å²) in [4.78, 5) is 23.5. The minimum absolute atomic E-state index is 0.307. The van der Waals surface area contributed by atoms with Crippen molar-refractivity contribution in [3.05, 3.63) is 0 Å². The first-order chi connectivity index (χ1) is 9.15. The summed E-state index contributed by atoms with van der Waals surface area (Å²) in [6.07, 6.45) is 4.54. The Morgan fingerprint density at radius 2 is 1.90 bits per heavy atom. The van der Waals surface area contributed by atoms with E-state index in [1.165, 1.54) is 26.4 Å². The van der Waals surface area contributed by atoms with E-state index in [-0.39, 0.29) is 0 Å². The van der Waals surface area contributed by atoms with E-state index < -0.39 is 23.7 Å². The lowest BCUT2D eigenvalue weighted by Crippen LogP contribution is -2.44. The molecule has 0 saturated heterocycles. The molecular weight excluding hydrogens is 258 g/mol. The van der Waals surface area contributed by atoms with E-state index in [1.54, 1.807) is 20.8 Å². The van der Waals surface area contributed by atoms with Crippen molar-refractivity contribution in [1.82, 2.24) is 5.32 Å². The number of alkyl carbamates (subject to hydrolysis) is 1. The molecule has 5 nitrogen and oxygen atoms in total. The highest BCUT2D eigenvalue weighted by Gasteiger charge is 2.34. The Hall–Kier alpha value is -1.26. The molecule has 0 radical (unpaired) electrons. The van der Waals surface area contributed by atoms with E-state index in [2.05, 4.69) is 12.2 Å². The molecule has 1 fully saturated rings. The molecule has 1 amide bonds. The van der Waals surface area contributed by atoms with Crippen LogP contribution in [0.15, 0.2) is 0 Å². The maximum atomic E-state index is 11.8. The third kappa shape index (κ3) is 5.39. The predicted octanol–water partition coefficient (Wildman–Crippen LogP) is 3.02. The fourth-order valence-corrected chi connectivity index (χ4v) is 2.36. The lowest BCUT2D eigenvalue weighted by atomic mass is 9.67. The number of carbonyl (C=O) groups is 2. The maximum absolute atomic E-state index is 11.8. The zero-order valence-electron chi connectivity index (χ0n) is 13.2. The summed E-state index contributed by atoms with van der Waals surface area (Å²) in [5.74, 6) is -0.418. The SMILES string of the molecule is COC(=O)[C@@H](CCC1(C)CCC1)NC(=O)OC(C)(C)C. The van der Waals surface area contributed by atoms with Gasteiger partial charge in [0.15, 0.2) is 0 Å². The molecule has 1 atom stereocenters. The van der Waals surface area contributed by atoms with Crippen LogP contribution in [0.3, 0.4) is 0 Å². The van der Waals surface area contributed by atoms with Crippen molar-refractivity contribution in [3.63, 3.8) is 0 Å². The molecule has 0 bridgehead atoms. The van der Waals surface area contributed by atoms with Gasteiger partial charge in [-0.15, -0.1) is 0 Å². The molecule has 0 aromatic heterocycles. The first-order valence-electron chi connectivity index (χ1n) is 7.23. The standard InChI is InChI=1S/C15H27NO4/c1-14(2,3)20-13(18)16-11(12(17)19-5)7-10-15(4)8-6-9-15/h11H,6-10H2,1-5H3,(H,16,18)/t11-/m1/s1. The molecule has 1 N–H and O–H groups in total. The summed E-state index contributed by atoms with van der Waals surface area (Å²) in [5, 5.41) is 2.61. The van der Waals surface area contributed by atoms with Crippen LogP contribution in [-0.4, -0.2) is 30.8 Å². The van der Waals surface area contributed by atoms with Gasteiger partial charge in [-0.1, -0.05) is 13.3 Å². The summed E-state index contributed by atoms with van der Waals surface area (Å²) in [7, 11) is 1.33. The summed E-state index contributed by atoms with van der Waals surface area (Å²) < 4.78 is 9.93. The van der Waals surface area contributed by atoms with Crippen LogP contribution in [0.4, 0.5) is 4.79 Å². The molecule has 1 aliphatic rings. The molecule has 0 heterocycles. The van der Waals surface area contributed by atoms with Gasteiger partial charge in [-0.05, 0) is 51.9 Å². The van der Waals surface area contributed by atoms with Crippen LogP contribution in [0.1, 0.15) is 59.8 Å². The third-order valence-corrected chi connectivity index (χ3v) is 3.77. The summed E-state index contributed by atoms with van der Waals surface area (Å²) in [6.45, 7) is 7.58. The highest BCUT2D eigenvalue weighted by molar-refractivity contribution is 5.81. The largest absolute Gasteiger partial charge is 0.467 e. The van der Waals surface area contributed by atoms with Gasteiger partial charge in [0.25, 0.3) is 0 Å². The van der Waals surface area contributed by atoms with Crippen LogP contribution in [0, 0.1) is 5.41 Å². The highest BCUT2D eigenvalue weighted by atomic mass is 16.6. The first-order valence-corrected chi connectivity index (χ1v) is 7.23. The van der Waals surface area contributed by atoms with Gasteiger partial charge < -0.3 is 14.8 Å². The van der Waals surface area contributed by atoms with Crippen molar-refractivity contribution in [2.45, 2.75) is 71.4 Å². The number of esters is 1. The first kappa shape index (κ1) is 16.8. The van der Waals surface area contributed by atoms with Crippen LogP contribution in [0.25, 0.3) is 0 Å². The lowest BCUT2D eigenvalue weighted by Gasteiger charge is -2.39. The Morgan fingerprint density at radius 3 is 2.30 bits per heavy atom. The molecule has 116 valence electrons. The van der Waals surface area contributed by atoms with Crippen molar-refractivity contribution >= 4 is 12.1 Å². The quantitative estimate of drug-likeness (QED) is 0.789. The Balaban J connectivity index is 2.51. The van der Waals surface area contributed by atoms with Gasteiger partial charge in [-0.3, -0.25) is 0 Å². The molecule has 0 unspecified atom stereocenters. The fraction of sp³-hybridized carbons (Fsp3) is 0.867. The third-order valence-electron chi connectivity index (χ3n) is 3.77. The molecule has 0 spiro atoms. The zero-order chi connectivity index (χ0) is 15.4. The van der Waals surface area contributed by atoms with Gasteiger partial charge in [-0.25, -0.2) is 9.59 Å². The van der Waals surface area contributed by atoms with Crippen molar-refractivity contribution in [1.29, 1.82) is 0 Å². The molecule has 0 aromatic carbocycles. The maximum Gasteiger partial charge on any atom is 0.408 e.